The third kappa shape index (κ3) is 2.86. The lowest BCUT2D eigenvalue weighted by atomic mass is 9.88. The number of hydrogen-bond acceptors (Lipinski definition) is 2. The van der Waals surface area contributed by atoms with Gasteiger partial charge in [-0.1, -0.05) is 35.9 Å². The van der Waals surface area contributed by atoms with Crippen LogP contribution in [0.4, 0.5) is 8.78 Å². The van der Waals surface area contributed by atoms with Crippen LogP contribution in [0.1, 0.15) is 28.7 Å². The Morgan fingerprint density at radius 3 is 2.25 bits per heavy atom. The first-order valence-electron chi connectivity index (χ1n) is 6.43. The van der Waals surface area contributed by atoms with Gasteiger partial charge < -0.3 is 10.8 Å². The molecule has 2 atom stereocenters. The first-order chi connectivity index (χ1) is 9.54. The van der Waals surface area contributed by atoms with E-state index < -0.39 is 23.7 Å². The fraction of sp³-hybridized carbons (Fsp3) is 0.250. The monoisotopic (exact) mass is 277 g/mol. The van der Waals surface area contributed by atoms with Gasteiger partial charge in [0.15, 0.2) is 0 Å². The van der Waals surface area contributed by atoms with Gasteiger partial charge in [0.25, 0.3) is 0 Å². The van der Waals surface area contributed by atoms with Gasteiger partial charge in [-0.3, -0.25) is 0 Å². The number of halogens is 2. The molecule has 0 radical (unpaired) electrons. The zero-order valence-electron chi connectivity index (χ0n) is 11.2. The van der Waals surface area contributed by atoms with Gasteiger partial charge >= 0.3 is 0 Å². The molecule has 3 N–H and O–H groups in total. The van der Waals surface area contributed by atoms with E-state index in [1.807, 2.05) is 25.1 Å². The Bertz CT molecular complexity index is 581. The second-order valence-electron chi connectivity index (χ2n) is 4.84. The molecule has 0 aliphatic heterocycles. The van der Waals surface area contributed by atoms with Crippen molar-refractivity contribution in [3.05, 3.63) is 70.8 Å². The van der Waals surface area contributed by atoms with Gasteiger partial charge in [-0.2, -0.15) is 0 Å². The summed E-state index contributed by atoms with van der Waals surface area (Å²) in [6.45, 7) is 2.01. The van der Waals surface area contributed by atoms with Crippen molar-refractivity contribution in [1.82, 2.24) is 0 Å². The van der Waals surface area contributed by atoms with Crippen LogP contribution in [-0.4, -0.2) is 11.7 Å². The molecule has 20 heavy (non-hydrogen) atoms. The molecule has 106 valence electrons. The largest absolute Gasteiger partial charge is 0.388 e. The molecule has 0 aromatic heterocycles. The molecule has 0 aliphatic rings. The second kappa shape index (κ2) is 6.11. The van der Waals surface area contributed by atoms with Crippen molar-refractivity contribution in [3.8, 4) is 0 Å². The zero-order chi connectivity index (χ0) is 14.7. The van der Waals surface area contributed by atoms with Gasteiger partial charge in [-0.25, -0.2) is 8.78 Å². The quantitative estimate of drug-likeness (QED) is 0.902. The zero-order valence-corrected chi connectivity index (χ0v) is 11.2. The fourth-order valence-corrected chi connectivity index (χ4v) is 2.34. The van der Waals surface area contributed by atoms with Crippen LogP contribution in [0.25, 0.3) is 0 Å². The van der Waals surface area contributed by atoms with Crippen molar-refractivity contribution < 1.29 is 13.9 Å². The molecule has 2 rings (SSSR count). The summed E-state index contributed by atoms with van der Waals surface area (Å²) in [6.07, 6.45) is -1.32. The molecule has 0 spiro atoms. The highest BCUT2D eigenvalue weighted by atomic mass is 19.1. The molecule has 0 fully saturated rings. The molecule has 2 aromatic carbocycles. The van der Waals surface area contributed by atoms with Crippen LogP contribution in [-0.2, 0) is 0 Å². The van der Waals surface area contributed by atoms with E-state index in [4.69, 9.17) is 5.73 Å². The summed E-state index contributed by atoms with van der Waals surface area (Å²) < 4.78 is 27.5. The van der Waals surface area contributed by atoms with Crippen LogP contribution >= 0.6 is 0 Å². The highest BCUT2D eigenvalue weighted by Gasteiger charge is 2.26. The van der Waals surface area contributed by atoms with Crippen LogP contribution in [0.3, 0.4) is 0 Å². The Morgan fingerprint density at radius 2 is 1.70 bits per heavy atom. The maximum absolute atomic E-state index is 13.8. The number of aryl methyl sites for hydroxylation is 1. The molecule has 2 nitrogen and oxygen atoms in total. The summed E-state index contributed by atoms with van der Waals surface area (Å²) in [4.78, 5) is 0. The minimum absolute atomic E-state index is 0.0956. The van der Waals surface area contributed by atoms with E-state index in [0.29, 0.717) is 0 Å². The Kier molecular flexibility index (Phi) is 4.47. The van der Waals surface area contributed by atoms with Crippen LogP contribution in [0.5, 0.6) is 0 Å². The van der Waals surface area contributed by atoms with E-state index in [1.165, 1.54) is 6.07 Å². The van der Waals surface area contributed by atoms with Crippen LogP contribution in [0, 0.1) is 18.6 Å². The Morgan fingerprint density at radius 1 is 1.10 bits per heavy atom. The second-order valence-corrected chi connectivity index (χ2v) is 4.84. The molecular formula is C16H17F2NO. The fourth-order valence-electron chi connectivity index (χ4n) is 2.34. The van der Waals surface area contributed by atoms with E-state index >= 15 is 0 Å². The average Bonchev–Trinajstić information content (AvgIpc) is 2.39. The topological polar surface area (TPSA) is 46.2 Å². The summed E-state index contributed by atoms with van der Waals surface area (Å²) in [5.74, 6) is -2.08. The Labute approximate surface area is 116 Å². The first-order valence-corrected chi connectivity index (χ1v) is 6.43. The molecule has 0 saturated carbocycles. The minimum atomic E-state index is -1.32. The number of hydrogen-bond donors (Lipinski definition) is 2. The lowest BCUT2D eigenvalue weighted by Gasteiger charge is -2.23. The van der Waals surface area contributed by atoms with E-state index in [9.17, 15) is 13.9 Å². The van der Waals surface area contributed by atoms with Gasteiger partial charge in [0.1, 0.15) is 11.6 Å². The molecule has 4 heteroatoms. The van der Waals surface area contributed by atoms with Gasteiger partial charge in [-0.15, -0.1) is 0 Å². The summed E-state index contributed by atoms with van der Waals surface area (Å²) in [5, 5.41) is 10.3. The molecule has 2 unspecified atom stereocenters. The average molecular weight is 277 g/mol. The summed E-state index contributed by atoms with van der Waals surface area (Å²) in [6, 6.07) is 10.9. The molecule has 0 aliphatic carbocycles. The number of rotatable bonds is 4. The van der Waals surface area contributed by atoms with E-state index in [2.05, 4.69) is 0 Å². The standard InChI is InChI=1S/C16H17F2NO/c1-10-4-2-5-11(8-10)12(9-19)16(20)15-13(17)6-3-7-14(15)18/h2-8,12,16,20H,9,19H2,1H3. The third-order valence-corrected chi connectivity index (χ3v) is 3.40. The van der Waals surface area contributed by atoms with Gasteiger partial charge in [0, 0.05) is 12.5 Å². The normalized spacial score (nSPS) is 14.1. The summed E-state index contributed by atoms with van der Waals surface area (Å²) >= 11 is 0. The van der Waals surface area contributed by atoms with E-state index in [-0.39, 0.29) is 12.1 Å². The first kappa shape index (κ1) is 14.6. The molecular weight excluding hydrogens is 260 g/mol. The highest BCUT2D eigenvalue weighted by molar-refractivity contribution is 5.31. The smallest absolute Gasteiger partial charge is 0.131 e. The number of benzene rings is 2. The molecule has 0 saturated heterocycles. The lowest BCUT2D eigenvalue weighted by molar-refractivity contribution is 0.138. The minimum Gasteiger partial charge on any atom is -0.388 e. The third-order valence-electron chi connectivity index (χ3n) is 3.40. The molecule has 0 amide bonds. The number of nitrogens with two attached hydrogens (primary N) is 1. The van der Waals surface area contributed by atoms with Gasteiger partial charge in [-0.05, 0) is 24.6 Å². The number of aliphatic hydroxyl groups excluding tert-OH is 1. The molecule has 0 heterocycles. The van der Waals surface area contributed by atoms with Crippen molar-refractivity contribution in [2.75, 3.05) is 6.54 Å². The van der Waals surface area contributed by atoms with Crippen LogP contribution in [0.2, 0.25) is 0 Å². The SMILES string of the molecule is Cc1cccc(C(CN)C(O)c2c(F)cccc2F)c1. The van der Waals surface area contributed by atoms with E-state index in [1.54, 1.807) is 6.07 Å². The van der Waals surface area contributed by atoms with Gasteiger partial charge in [0.2, 0.25) is 0 Å². The van der Waals surface area contributed by atoms with Crippen molar-refractivity contribution in [2.45, 2.75) is 18.9 Å². The van der Waals surface area contributed by atoms with Crippen molar-refractivity contribution in [2.24, 2.45) is 5.73 Å². The van der Waals surface area contributed by atoms with Crippen LogP contribution < -0.4 is 5.73 Å². The predicted octanol–water partition coefficient (Wildman–Crippen LogP) is 3.05. The lowest BCUT2D eigenvalue weighted by Crippen LogP contribution is -2.22. The number of aliphatic hydroxyl groups is 1. The molecule has 2 aromatic rings. The molecule has 0 bridgehead atoms. The van der Waals surface area contributed by atoms with Gasteiger partial charge in [0.05, 0.1) is 11.7 Å². The van der Waals surface area contributed by atoms with Crippen molar-refractivity contribution >= 4 is 0 Å². The summed E-state index contributed by atoms with van der Waals surface area (Å²) in [7, 11) is 0. The Balaban J connectivity index is 2.41. The maximum atomic E-state index is 13.8. The van der Waals surface area contributed by atoms with Crippen molar-refractivity contribution in [3.63, 3.8) is 0 Å². The Hall–Kier alpha value is -1.78. The highest BCUT2D eigenvalue weighted by Crippen LogP contribution is 2.33. The van der Waals surface area contributed by atoms with Crippen molar-refractivity contribution in [1.29, 1.82) is 0 Å². The van der Waals surface area contributed by atoms with Crippen LogP contribution in [0.15, 0.2) is 42.5 Å². The van der Waals surface area contributed by atoms with E-state index in [0.717, 1.165) is 23.3 Å². The maximum Gasteiger partial charge on any atom is 0.131 e. The summed E-state index contributed by atoms with van der Waals surface area (Å²) in [5.41, 5.74) is 7.13. The predicted molar refractivity (Wildman–Crippen MR) is 74.3 cm³/mol.